The molecule has 2 amide bonds. The van der Waals surface area contributed by atoms with Crippen LogP contribution in [-0.2, 0) is 16.0 Å². The topological polar surface area (TPSA) is 53.5 Å². The SMILES string of the molecule is CN(CCc1ccncc1)C(=O)C1(C(=O)N2CCCCCC2)CC1. The fourth-order valence-corrected chi connectivity index (χ4v) is 3.53. The maximum Gasteiger partial charge on any atom is 0.238 e. The molecule has 0 N–H and O–H groups in total. The summed E-state index contributed by atoms with van der Waals surface area (Å²) in [7, 11) is 1.82. The van der Waals surface area contributed by atoms with Crippen LogP contribution in [-0.4, -0.2) is 53.3 Å². The van der Waals surface area contributed by atoms with E-state index < -0.39 is 5.41 Å². The number of hydrogen-bond acceptors (Lipinski definition) is 3. The molecule has 2 fully saturated rings. The molecular weight excluding hydrogens is 302 g/mol. The first-order valence-corrected chi connectivity index (χ1v) is 9.07. The van der Waals surface area contributed by atoms with Crippen LogP contribution in [0.1, 0.15) is 44.1 Å². The van der Waals surface area contributed by atoms with E-state index in [0.29, 0.717) is 19.4 Å². The summed E-state index contributed by atoms with van der Waals surface area (Å²) >= 11 is 0. The molecule has 0 unspecified atom stereocenters. The van der Waals surface area contributed by atoms with Gasteiger partial charge in [0.15, 0.2) is 0 Å². The Labute approximate surface area is 144 Å². The predicted molar refractivity (Wildman–Crippen MR) is 92.3 cm³/mol. The van der Waals surface area contributed by atoms with E-state index >= 15 is 0 Å². The van der Waals surface area contributed by atoms with Crippen molar-refractivity contribution < 1.29 is 9.59 Å². The van der Waals surface area contributed by atoms with Crippen molar-refractivity contribution in [3.8, 4) is 0 Å². The van der Waals surface area contributed by atoms with Gasteiger partial charge in [-0.1, -0.05) is 12.8 Å². The molecular formula is C19H27N3O2. The van der Waals surface area contributed by atoms with Crippen LogP contribution in [0.5, 0.6) is 0 Å². The smallest absolute Gasteiger partial charge is 0.238 e. The van der Waals surface area contributed by atoms with Gasteiger partial charge in [0.05, 0.1) is 0 Å². The van der Waals surface area contributed by atoms with Crippen molar-refractivity contribution in [1.82, 2.24) is 14.8 Å². The Hall–Kier alpha value is -1.91. The van der Waals surface area contributed by atoms with E-state index in [2.05, 4.69) is 4.98 Å². The Morgan fingerprint density at radius 1 is 1.12 bits per heavy atom. The average Bonchev–Trinajstić information content (AvgIpc) is 3.44. The fraction of sp³-hybridized carbons (Fsp3) is 0.632. The summed E-state index contributed by atoms with van der Waals surface area (Å²) in [5.74, 6) is 0.0796. The van der Waals surface area contributed by atoms with Gasteiger partial charge in [0.1, 0.15) is 5.41 Å². The monoisotopic (exact) mass is 329 g/mol. The zero-order valence-electron chi connectivity index (χ0n) is 14.5. The van der Waals surface area contributed by atoms with Crippen LogP contribution in [0, 0.1) is 5.41 Å². The normalized spacial score (nSPS) is 19.5. The van der Waals surface area contributed by atoms with Crippen molar-refractivity contribution in [3.05, 3.63) is 30.1 Å². The van der Waals surface area contributed by atoms with Crippen molar-refractivity contribution in [2.45, 2.75) is 44.9 Å². The highest BCUT2D eigenvalue weighted by molar-refractivity contribution is 6.07. The van der Waals surface area contributed by atoms with Gasteiger partial charge < -0.3 is 9.80 Å². The Kier molecular flexibility index (Phi) is 5.17. The quantitative estimate of drug-likeness (QED) is 0.779. The molecule has 3 rings (SSSR count). The molecule has 0 aromatic carbocycles. The largest absolute Gasteiger partial charge is 0.344 e. The Balaban J connectivity index is 1.59. The standard InChI is InChI=1S/C19H27N3O2/c1-21(15-8-16-6-11-20-12-7-16)17(23)19(9-10-19)18(24)22-13-4-2-3-5-14-22/h6-7,11-12H,2-5,8-10,13-15H2,1H3. The molecule has 24 heavy (non-hydrogen) atoms. The van der Waals surface area contributed by atoms with Crippen LogP contribution in [0.25, 0.3) is 0 Å². The maximum atomic E-state index is 12.9. The highest BCUT2D eigenvalue weighted by Crippen LogP contribution is 2.49. The fourth-order valence-electron chi connectivity index (χ4n) is 3.53. The van der Waals surface area contributed by atoms with Gasteiger partial charge in [-0.25, -0.2) is 0 Å². The average molecular weight is 329 g/mol. The molecule has 0 bridgehead atoms. The van der Waals surface area contributed by atoms with Crippen molar-refractivity contribution in [2.75, 3.05) is 26.7 Å². The summed E-state index contributed by atoms with van der Waals surface area (Å²) in [6.07, 6.45) is 10.2. The third-order valence-corrected chi connectivity index (χ3v) is 5.29. The van der Waals surface area contributed by atoms with Crippen LogP contribution in [0.15, 0.2) is 24.5 Å². The number of likely N-dealkylation sites (tertiary alicyclic amines) is 1. The molecule has 0 spiro atoms. The van der Waals surface area contributed by atoms with Gasteiger partial charge in [0, 0.05) is 39.1 Å². The Bertz CT molecular complexity index is 576. The zero-order valence-corrected chi connectivity index (χ0v) is 14.5. The summed E-state index contributed by atoms with van der Waals surface area (Å²) in [6, 6.07) is 3.93. The van der Waals surface area contributed by atoms with Gasteiger partial charge in [-0.2, -0.15) is 0 Å². The molecule has 130 valence electrons. The third kappa shape index (κ3) is 3.60. The van der Waals surface area contributed by atoms with E-state index in [1.54, 1.807) is 17.3 Å². The predicted octanol–water partition coefficient (Wildman–Crippen LogP) is 2.27. The molecule has 5 nitrogen and oxygen atoms in total. The summed E-state index contributed by atoms with van der Waals surface area (Å²) < 4.78 is 0. The highest BCUT2D eigenvalue weighted by atomic mass is 16.2. The van der Waals surface area contributed by atoms with Crippen molar-refractivity contribution in [1.29, 1.82) is 0 Å². The number of carbonyl (C=O) groups excluding carboxylic acids is 2. The lowest BCUT2D eigenvalue weighted by molar-refractivity contribution is -0.148. The van der Waals surface area contributed by atoms with Gasteiger partial charge in [0.25, 0.3) is 0 Å². The van der Waals surface area contributed by atoms with Gasteiger partial charge >= 0.3 is 0 Å². The van der Waals surface area contributed by atoms with E-state index in [-0.39, 0.29) is 11.8 Å². The van der Waals surface area contributed by atoms with E-state index in [0.717, 1.165) is 37.9 Å². The number of amides is 2. The Morgan fingerprint density at radius 3 is 2.33 bits per heavy atom. The van der Waals surface area contributed by atoms with Crippen LogP contribution in [0.3, 0.4) is 0 Å². The molecule has 0 atom stereocenters. The van der Waals surface area contributed by atoms with Crippen molar-refractivity contribution in [3.63, 3.8) is 0 Å². The summed E-state index contributed by atoms with van der Waals surface area (Å²) in [5.41, 5.74) is 0.408. The molecule has 1 aromatic heterocycles. The highest BCUT2D eigenvalue weighted by Gasteiger charge is 2.58. The van der Waals surface area contributed by atoms with E-state index in [4.69, 9.17) is 0 Å². The minimum Gasteiger partial charge on any atom is -0.344 e. The molecule has 1 aliphatic heterocycles. The van der Waals surface area contributed by atoms with E-state index in [9.17, 15) is 9.59 Å². The first-order chi connectivity index (χ1) is 11.6. The summed E-state index contributed by atoms with van der Waals surface area (Å²) in [5, 5.41) is 0. The summed E-state index contributed by atoms with van der Waals surface area (Å²) in [6.45, 7) is 2.26. The van der Waals surface area contributed by atoms with Crippen LogP contribution >= 0.6 is 0 Å². The minimum atomic E-state index is -0.753. The number of nitrogens with zero attached hydrogens (tertiary/aromatic N) is 3. The molecule has 2 aliphatic rings. The second-order valence-corrected chi connectivity index (χ2v) is 7.12. The molecule has 1 saturated carbocycles. The number of aromatic nitrogens is 1. The Morgan fingerprint density at radius 2 is 1.75 bits per heavy atom. The number of likely N-dealkylation sites (N-methyl/N-ethyl adjacent to an activating group) is 1. The molecule has 1 saturated heterocycles. The lowest BCUT2D eigenvalue weighted by Crippen LogP contribution is -2.46. The van der Waals surface area contributed by atoms with Crippen LogP contribution in [0.4, 0.5) is 0 Å². The minimum absolute atomic E-state index is 0.00537. The molecule has 2 heterocycles. The lowest BCUT2D eigenvalue weighted by atomic mass is 10.0. The summed E-state index contributed by atoms with van der Waals surface area (Å²) in [4.78, 5) is 33.5. The van der Waals surface area contributed by atoms with E-state index in [1.165, 1.54) is 12.8 Å². The number of pyridine rings is 1. The maximum absolute atomic E-state index is 12.9. The molecule has 0 radical (unpaired) electrons. The molecule has 1 aromatic rings. The van der Waals surface area contributed by atoms with E-state index in [1.807, 2.05) is 24.1 Å². The van der Waals surface area contributed by atoms with Gasteiger partial charge in [-0.05, 0) is 49.8 Å². The molecule has 1 aliphatic carbocycles. The zero-order chi connectivity index (χ0) is 17.0. The number of hydrogen-bond donors (Lipinski definition) is 0. The lowest BCUT2D eigenvalue weighted by Gasteiger charge is -2.28. The number of rotatable bonds is 5. The first-order valence-electron chi connectivity index (χ1n) is 9.07. The van der Waals surface area contributed by atoms with Crippen molar-refractivity contribution >= 4 is 11.8 Å². The van der Waals surface area contributed by atoms with Crippen molar-refractivity contribution in [2.24, 2.45) is 5.41 Å². The van der Waals surface area contributed by atoms with Crippen LogP contribution < -0.4 is 0 Å². The van der Waals surface area contributed by atoms with Crippen LogP contribution in [0.2, 0.25) is 0 Å². The second-order valence-electron chi connectivity index (χ2n) is 7.12. The van der Waals surface area contributed by atoms with Gasteiger partial charge in [-0.3, -0.25) is 14.6 Å². The third-order valence-electron chi connectivity index (χ3n) is 5.29. The molecule has 5 heteroatoms. The second kappa shape index (κ2) is 7.32. The first kappa shape index (κ1) is 16.9. The number of carbonyl (C=O) groups is 2. The van der Waals surface area contributed by atoms with Gasteiger partial charge in [-0.15, -0.1) is 0 Å². The van der Waals surface area contributed by atoms with Gasteiger partial charge in [0.2, 0.25) is 11.8 Å².